The van der Waals surface area contributed by atoms with Gasteiger partial charge in [0.1, 0.15) is 10.6 Å². The van der Waals surface area contributed by atoms with E-state index in [1.807, 2.05) is 6.07 Å². The van der Waals surface area contributed by atoms with Crippen molar-refractivity contribution < 1.29 is 24.0 Å². The van der Waals surface area contributed by atoms with Crippen LogP contribution in [0.15, 0.2) is 24.3 Å². The Labute approximate surface area is 159 Å². The molecule has 2 aromatic rings. The summed E-state index contributed by atoms with van der Waals surface area (Å²) in [5.41, 5.74) is 1.13. The zero-order valence-corrected chi connectivity index (χ0v) is 15.5. The van der Waals surface area contributed by atoms with Crippen LogP contribution in [-0.2, 0) is 22.4 Å². The summed E-state index contributed by atoms with van der Waals surface area (Å²) in [5, 5.41) is 13.3. The molecule has 1 aromatic carbocycles. The van der Waals surface area contributed by atoms with E-state index in [9.17, 15) is 19.7 Å². The first-order valence-electron chi connectivity index (χ1n) is 8.39. The Kier molecular flexibility index (Phi) is 5.70. The number of methoxy groups -OCH3 is 1. The van der Waals surface area contributed by atoms with Crippen molar-refractivity contribution in [3.05, 3.63) is 49.7 Å². The lowest BCUT2D eigenvalue weighted by molar-refractivity contribution is -0.384. The number of hydrogen-bond donors (Lipinski definition) is 1. The van der Waals surface area contributed by atoms with E-state index >= 15 is 0 Å². The average molecular weight is 390 g/mol. The van der Waals surface area contributed by atoms with Gasteiger partial charge in [0, 0.05) is 17.0 Å². The second-order valence-corrected chi connectivity index (χ2v) is 7.17. The standard InChI is InChI=1S/C18H18N2O6S/c1-25-14-7-6-12(20(23)24)9-13(14)19-17(21)10-26-18(22)16-8-11-4-2-3-5-15(11)27-16/h6-9H,2-5,10H2,1H3,(H,19,21). The number of nitrogens with one attached hydrogen (secondary N) is 1. The van der Waals surface area contributed by atoms with Gasteiger partial charge in [0.05, 0.1) is 17.7 Å². The van der Waals surface area contributed by atoms with Crippen LogP contribution in [0.5, 0.6) is 5.75 Å². The van der Waals surface area contributed by atoms with E-state index < -0.39 is 23.4 Å². The third kappa shape index (κ3) is 4.43. The highest BCUT2D eigenvalue weighted by Gasteiger charge is 2.19. The number of nitro benzene ring substituents is 1. The number of benzene rings is 1. The lowest BCUT2D eigenvalue weighted by Gasteiger charge is -2.10. The molecule has 0 atom stereocenters. The molecule has 0 aliphatic heterocycles. The van der Waals surface area contributed by atoms with Crippen molar-refractivity contribution in [2.24, 2.45) is 0 Å². The third-order valence-corrected chi connectivity index (χ3v) is 5.42. The molecule has 0 spiro atoms. The molecule has 1 amide bonds. The highest BCUT2D eigenvalue weighted by atomic mass is 32.1. The fraction of sp³-hybridized carbons (Fsp3) is 0.333. The smallest absolute Gasteiger partial charge is 0.348 e. The number of esters is 1. The molecule has 9 heteroatoms. The van der Waals surface area contributed by atoms with Crippen LogP contribution in [0.1, 0.15) is 33.0 Å². The largest absolute Gasteiger partial charge is 0.495 e. The van der Waals surface area contributed by atoms with E-state index in [1.165, 1.54) is 47.1 Å². The molecule has 1 heterocycles. The SMILES string of the molecule is COc1ccc([N+](=O)[O-])cc1NC(=O)COC(=O)c1cc2c(s1)CCCC2. The van der Waals surface area contributed by atoms with Crippen LogP contribution in [0.2, 0.25) is 0 Å². The molecular formula is C18H18N2O6S. The van der Waals surface area contributed by atoms with Gasteiger partial charge in [0.25, 0.3) is 11.6 Å². The predicted molar refractivity (Wildman–Crippen MR) is 99.5 cm³/mol. The minimum absolute atomic E-state index is 0.138. The lowest BCUT2D eigenvalue weighted by Crippen LogP contribution is -2.21. The van der Waals surface area contributed by atoms with E-state index in [0.717, 1.165) is 25.7 Å². The van der Waals surface area contributed by atoms with Crippen LogP contribution in [0.3, 0.4) is 0 Å². The van der Waals surface area contributed by atoms with Gasteiger partial charge >= 0.3 is 5.97 Å². The number of rotatable bonds is 6. The number of amides is 1. The summed E-state index contributed by atoms with van der Waals surface area (Å²) in [5.74, 6) is -0.884. The Morgan fingerprint density at radius 1 is 1.26 bits per heavy atom. The van der Waals surface area contributed by atoms with Crippen LogP contribution >= 0.6 is 11.3 Å². The van der Waals surface area contributed by atoms with Crippen molar-refractivity contribution in [2.45, 2.75) is 25.7 Å². The number of non-ortho nitro benzene ring substituents is 1. The van der Waals surface area contributed by atoms with E-state index in [4.69, 9.17) is 9.47 Å². The van der Waals surface area contributed by atoms with E-state index in [0.29, 0.717) is 4.88 Å². The molecule has 8 nitrogen and oxygen atoms in total. The number of hydrogen-bond acceptors (Lipinski definition) is 7. The minimum atomic E-state index is -0.608. The summed E-state index contributed by atoms with van der Waals surface area (Å²) in [6.45, 7) is -0.493. The van der Waals surface area contributed by atoms with Crippen molar-refractivity contribution in [1.29, 1.82) is 0 Å². The molecule has 0 radical (unpaired) electrons. The summed E-state index contributed by atoms with van der Waals surface area (Å²) < 4.78 is 10.2. The average Bonchev–Trinajstić information content (AvgIpc) is 3.10. The Morgan fingerprint density at radius 2 is 2.04 bits per heavy atom. The van der Waals surface area contributed by atoms with Crippen molar-refractivity contribution in [3.8, 4) is 5.75 Å². The normalized spacial score (nSPS) is 12.8. The lowest BCUT2D eigenvalue weighted by atomic mass is 9.99. The van der Waals surface area contributed by atoms with E-state index in [2.05, 4.69) is 5.32 Å². The Balaban J connectivity index is 1.61. The topological polar surface area (TPSA) is 108 Å². The second kappa shape index (κ2) is 8.17. The second-order valence-electron chi connectivity index (χ2n) is 6.03. The maximum atomic E-state index is 12.2. The Morgan fingerprint density at radius 3 is 2.74 bits per heavy atom. The third-order valence-electron chi connectivity index (χ3n) is 4.20. The first-order chi connectivity index (χ1) is 13.0. The van der Waals surface area contributed by atoms with Gasteiger partial charge in [0.2, 0.25) is 0 Å². The fourth-order valence-electron chi connectivity index (χ4n) is 2.89. The summed E-state index contributed by atoms with van der Waals surface area (Å²) in [4.78, 5) is 36.3. The van der Waals surface area contributed by atoms with Gasteiger partial charge in [-0.15, -0.1) is 11.3 Å². The molecule has 1 aliphatic rings. The molecule has 0 fully saturated rings. The number of fused-ring (bicyclic) bond motifs is 1. The summed E-state index contributed by atoms with van der Waals surface area (Å²) in [6.07, 6.45) is 4.17. The first-order valence-corrected chi connectivity index (χ1v) is 9.20. The quantitative estimate of drug-likeness (QED) is 0.460. The van der Waals surface area contributed by atoms with Gasteiger partial charge in [0.15, 0.2) is 6.61 Å². The number of nitro groups is 1. The minimum Gasteiger partial charge on any atom is -0.495 e. The maximum absolute atomic E-state index is 12.2. The predicted octanol–water partition coefficient (Wildman–Crippen LogP) is 3.34. The summed E-state index contributed by atoms with van der Waals surface area (Å²) in [6, 6.07) is 5.68. The number of anilines is 1. The summed E-state index contributed by atoms with van der Waals surface area (Å²) >= 11 is 1.41. The van der Waals surface area contributed by atoms with E-state index in [-0.39, 0.29) is 17.1 Å². The molecular weight excluding hydrogens is 372 g/mol. The van der Waals surface area contributed by atoms with Gasteiger partial charge in [-0.1, -0.05) is 0 Å². The van der Waals surface area contributed by atoms with Crippen LogP contribution in [0.4, 0.5) is 11.4 Å². The number of ether oxygens (including phenoxy) is 2. The van der Waals surface area contributed by atoms with Gasteiger partial charge in [-0.05, 0) is 43.4 Å². The Hall–Kier alpha value is -2.94. The van der Waals surface area contributed by atoms with Crippen molar-refractivity contribution >= 4 is 34.6 Å². The zero-order valence-electron chi connectivity index (χ0n) is 14.6. The maximum Gasteiger partial charge on any atom is 0.348 e. The molecule has 3 rings (SSSR count). The number of nitrogens with zero attached hydrogens (tertiary/aromatic N) is 1. The first kappa shape index (κ1) is 18.8. The van der Waals surface area contributed by atoms with Crippen LogP contribution in [-0.4, -0.2) is 30.5 Å². The molecule has 0 bridgehead atoms. The molecule has 27 heavy (non-hydrogen) atoms. The number of thiophene rings is 1. The molecule has 0 unspecified atom stereocenters. The summed E-state index contributed by atoms with van der Waals surface area (Å²) in [7, 11) is 1.38. The number of aryl methyl sites for hydroxylation is 2. The Bertz CT molecular complexity index is 868. The van der Waals surface area contributed by atoms with Crippen LogP contribution in [0.25, 0.3) is 0 Å². The molecule has 1 aliphatic carbocycles. The van der Waals surface area contributed by atoms with Crippen molar-refractivity contribution in [1.82, 2.24) is 0 Å². The monoisotopic (exact) mass is 390 g/mol. The van der Waals surface area contributed by atoms with Gasteiger partial charge in [-0.3, -0.25) is 14.9 Å². The van der Waals surface area contributed by atoms with Crippen LogP contribution < -0.4 is 10.1 Å². The van der Waals surface area contributed by atoms with Crippen LogP contribution in [0, 0.1) is 10.1 Å². The molecule has 1 aromatic heterocycles. The van der Waals surface area contributed by atoms with E-state index in [1.54, 1.807) is 0 Å². The molecule has 142 valence electrons. The van der Waals surface area contributed by atoms with Gasteiger partial charge in [-0.25, -0.2) is 4.79 Å². The highest BCUT2D eigenvalue weighted by molar-refractivity contribution is 7.14. The molecule has 0 saturated heterocycles. The van der Waals surface area contributed by atoms with Crippen molar-refractivity contribution in [2.75, 3.05) is 19.0 Å². The molecule has 1 N–H and O–H groups in total. The number of carbonyl (C=O) groups excluding carboxylic acids is 2. The zero-order chi connectivity index (χ0) is 19.4. The van der Waals surface area contributed by atoms with Gasteiger partial charge in [-0.2, -0.15) is 0 Å². The molecule has 0 saturated carbocycles. The van der Waals surface area contributed by atoms with Gasteiger partial charge < -0.3 is 14.8 Å². The number of carbonyl (C=O) groups is 2. The highest BCUT2D eigenvalue weighted by Crippen LogP contribution is 2.30. The fourth-order valence-corrected chi connectivity index (χ4v) is 4.03. The van der Waals surface area contributed by atoms with Crippen molar-refractivity contribution in [3.63, 3.8) is 0 Å².